The van der Waals surface area contributed by atoms with Crippen LogP contribution in [0.5, 0.6) is 0 Å². The van der Waals surface area contributed by atoms with Gasteiger partial charge in [0.1, 0.15) is 0 Å². The molecule has 128 valence electrons. The van der Waals surface area contributed by atoms with Gasteiger partial charge in [0.25, 0.3) is 0 Å². The van der Waals surface area contributed by atoms with Gasteiger partial charge in [-0.3, -0.25) is 9.53 Å². The number of alkyl halides is 9. The lowest BCUT2D eigenvalue weighted by Crippen LogP contribution is -2.64. The van der Waals surface area contributed by atoms with E-state index in [0.717, 1.165) is 19.3 Å². The molecule has 1 heterocycles. The van der Waals surface area contributed by atoms with Crippen LogP contribution >= 0.6 is 0 Å². The molecule has 0 bridgehead atoms. The highest BCUT2D eigenvalue weighted by molar-refractivity contribution is 5.87. The van der Waals surface area contributed by atoms with E-state index in [4.69, 9.17) is 0 Å². The zero-order valence-corrected chi connectivity index (χ0v) is 10.7. The van der Waals surface area contributed by atoms with Crippen LogP contribution in [-0.2, 0) is 9.53 Å². The molecule has 0 aromatic carbocycles. The third-order valence-corrected chi connectivity index (χ3v) is 2.50. The van der Waals surface area contributed by atoms with Crippen LogP contribution in [0.2, 0.25) is 0 Å². The highest BCUT2D eigenvalue weighted by Gasteiger charge is 2.96. The summed E-state index contributed by atoms with van der Waals surface area (Å²) >= 11 is 0. The summed E-state index contributed by atoms with van der Waals surface area (Å²) in [6, 6.07) is 0. The number of hydrogen-bond donors (Lipinski definition) is 1. The molecule has 1 rings (SSSR count). The fraction of sp³-hybridized carbons (Fsp3) is 0.778. The summed E-state index contributed by atoms with van der Waals surface area (Å²) in [5.74, 6) is -28.7. The molecule has 1 amide bonds. The Morgan fingerprint density at radius 2 is 1.45 bits per heavy atom. The summed E-state index contributed by atoms with van der Waals surface area (Å²) in [4.78, 5) is 11.0. The second kappa shape index (κ2) is 4.73. The molecule has 0 spiro atoms. The predicted molar refractivity (Wildman–Crippen MR) is 51.6 cm³/mol. The highest BCUT2D eigenvalue weighted by Crippen LogP contribution is 2.64. The van der Waals surface area contributed by atoms with E-state index in [2.05, 4.69) is 9.84 Å². The average molecular weight is 346 g/mol. The Bertz CT molecular complexity index is 515. The molecule has 0 aromatic heterocycles. The minimum Gasteiger partial charge on any atom is -0.266 e. The van der Waals surface area contributed by atoms with Gasteiger partial charge in [-0.15, -0.1) is 0 Å². The van der Waals surface area contributed by atoms with Gasteiger partial charge in [0.15, 0.2) is 0 Å². The van der Waals surface area contributed by atoms with E-state index in [1.807, 2.05) is 0 Å². The predicted octanol–water partition coefficient (Wildman–Crippen LogP) is 2.69. The van der Waals surface area contributed by atoms with Gasteiger partial charge in [-0.25, -0.2) is 5.43 Å². The van der Waals surface area contributed by atoms with Crippen LogP contribution in [0, 0.1) is 0 Å². The number of rotatable bonds is 3. The molecule has 22 heavy (non-hydrogen) atoms. The molecule has 13 heteroatoms. The summed E-state index contributed by atoms with van der Waals surface area (Å²) in [6.45, 7) is 2.26. The van der Waals surface area contributed by atoms with E-state index in [9.17, 15) is 44.3 Å². The van der Waals surface area contributed by atoms with Crippen LogP contribution in [0.4, 0.5) is 39.5 Å². The van der Waals surface area contributed by atoms with Crippen molar-refractivity contribution >= 4 is 11.6 Å². The molecule has 1 N–H and O–H groups in total. The molecule has 1 unspecified atom stereocenters. The van der Waals surface area contributed by atoms with Crippen LogP contribution in [0.3, 0.4) is 0 Å². The van der Waals surface area contributed by atoms with Gasteiger partial charge in [0.2, 0.25) is 0 Å². The van der Waals surface area contributed by atoms with Crippen molar-refractivity contribution in [3.63, 3.8) is 0 Å². The van der Waals surface area contributed by atoms with Crippen LogP contribution in [0.1, 0.15) is 13.8 Å². The number of carbonyl (C=O) groups is 1. The van der Waals surface area contributed by atoms with Crippen LogP contribution in [-0.4, -0.2) is 41.3 Å². The number of halogens is 9. The standard InChI is InChI=1S/C9H7F9N2O2/c1-3(2)19-20-4(21)5(10,11)8(16)6(12,13)7(14,15)9(17,18)22-8/h1-2H3,(H,20,21). The Morgan fingerprint density at radius 3 is 1.77 bits per heavy atom. The number of ether oxygens (including phenoxy) is 1. The first-order valence-corrected chi connectivity index (χ1v) is 5.26. The summed E-state index contributed by atoms with van der Waals surface area (Å²) in [6.07, 6.45) is -6.26. The van der Waals surface area contributed by atoms with Crippen molar-refractivity contribution in [3.8, 4) is 0 Å². The lowest BCUT2D eigenvalue weighted by Gasteiger charge is -2.31. The number of nitrogens with zero attached hydrogens (tertiary/aromatic N) is 1. The van der Waals surface area contributed by atoms with Gasteiger partial charge in [0, 0.05) is 5.71 Å². The van der Waals surface area contributed by atoms with Crippen LogP contribution in [0.15, 0.2) is 5.10 Å². The topological polar surface area (TPSA) is 50.7 Å². The second-order valence-electron chi connectivity index (χ2n) is 4.44. The molecule has 1 saturated heterocycles. The van der Waals surface area contributed by atoms with Gasteiger partial charge in [-0.1, -0.05) is 0 Å². The minimum absolute atomic E-state index is 0.119. The van der Waals surface area contributed by atoms with Gasteiger partial charge in [-0.2, -0.15) is 44.6 Å². The van der Waals surface area contributed by atoms with E-state index < -0.39 is 35.6 Å². The van der Waals surface area contributed by atoms with Gasteiger partial charge >= 0.3 is 35.6 Å². The van der Waals surface area contributed by atoms with E-state index >= 15 is 0 Å². The zero-order chi connectivity index (χ0) is 17.8. The maximum atomic E-state index is 13.6. The Balaban J connectivity index is 3.34. The third kappa shape index (κ3) is 2.13. The Labute approximate surface area is 116 Å². The molecular formula is C9H7F9N2O2. The summed E-state index contributed by atoms with van der Waals surface area (Å²) in [5.41, 5.74) is 0.754. The van der Waals surface area contributed by atoms with E-state index in [1.165, 1.54) is 0 Å². The Morgan fingerprint density at radius 1 is 1.00 bits per heavy atom. The van der Waals surface area contributed by atoms with Crippen molar-refractivity contribution in [3.05, 3.63) is 0 Å². The minimum atomic E-state index is -6.70. The van der Waals surface area contributed by atoms with Crippen molar-refractivity contribution < 1.29 is 49.0 Å². The molecular weight excluding hydrogens is 339 g/mol. The molecule has 1 fully saturated rings. The number of amides is 1. The number of hydrazone groups is 1. The zero-order valence-electron chi connectivity index (χ0n) is 10.7. The van der Waals surface area contributed by atoms with E-state index in [0.29, 0.717) is 0 Å². The fourth-order valence-electron chi connectivity index (χ4n) is 1.33. The Hall–Kier alpha value is -1.53. The number of nitrogens with one attached hydrogen (secondary N) is 1. The first-order valence-electron chi connectivity index (χ1n) is 5.26. The fourth-order valence-corrected chi connectivity index (χ4v) is 1.33. The first kappa shape index (κ1) is 18.5. The smallest absolute Gasteiger partial charge is 0.266 e. The Kier molecular flexibility index (Phi) is 3.98. The maximum absolute atomic E-state index is 13.6. The molecule has 4 nitrogen and oxygen atoms in total. The maximum Gasteiger partial charge on any atom is 0.428 e. The van der Waals surface area contributed by atoms with Crippen molar-refractivity contribution in [1.29, 1.82) is 0 Å². The molecule has 1 aliphatic rings. The average Bonchev–Trinajstić information content (AvgIpc) is 2.42. The number of carbonyl (C=O) groups excluding carboxylic acids is 1. The largest absolute Gasteiger partial charge is 0.428 e. The molecule has 0 radical (unpaired) electrons. The summed E-state index contributed by atoms with van der Waals surface area (Å²) < 4.78 is 120. The second-order valence-corrected chi connectivity index (χ2v) is 4.44. The van der Waals surface area contributed by atoms with Crippen molar-refractivity contribution in [2.45, 2.75) is 43.6 Å². The van der Waals surface area contributed by atoms with Gasteiger partial charge < -0.3 is 0 Å². The van der Waals surface area contributed by atoms with Crippen molar-refractivity contribution in [2.24, 2.45) is 5.10 Å². The lowest BCUT2D eigenvalue weighted by molar-refractivity contribution is -0.367. The quantitative estimate of drug-likeness (QED) is 0.485. The molecule has 1 atom stereocenters. The molecule has 1 aliphatic heterocycles. The monoisotopic (exact) mass is 346 g/mol. The summed E-state index contributed by atoms with van der Waals surface area (Å²) in [5, 5.41) is 2.81. The van der Waals surface area contributed by atoms with Crippen molar-refractivity contribution in [2.75, 3.05) is 0 Å². The molecule has 0 saturated carbocycles. The third-order valence-electron chi connectivity index (χ3n) is 2.50. The SMILES string of the molecule is CC(C)=NNC(=O)C(F)(F)C1(F)OC(F)(F)C(F)(F)C1(F)F. The van der Waals surface area contributed by atoms with Crippen LogP contribution < -0.4 is 5.43 Å². The molecule has 0 aliphatic carbocycles. The normalized spacial score (nSPS) is 29.0. The van der Waals surface area contributed by atoms with Crippen LogP contribution in [0.25, 0.3) is 0 Å². The summed E-state index contributed by atoms with van der Waals surface area (Å²) in [7, 11) is 0. The van der Waals surface area contributed by atoms with Gasteiger partial charge in [0.05, 0.1) is 0 Å². The first-order chi connectivity index (χ1) is 9.54. The number of hydrogen-bond acceptors (Lipinski definition) is 3. The van der Waals surface area contributed by atoms with E-state index in [1.54, 1.807) is 0 Å². The molecule has 0 aromatic rings. The van der Waals surface area contributed by atoms with E-state index in [-0.39, 0.29) is 5.71 Å². The highest BCUT2D eigenvalue weighted by atomic mass is 19.4. The van der Waals surface area contributed by atoms with Gasteiger partial charge in [-0.05, 0) is 13.8 Å². The van der Waals surface area contributed by atoms with Crippen molar-refractivity contribution in [1.82, 2.24) is 5.43 Å². The lowest BCUT2D eigenvalue weighted by atomic mass is 9.99.